The molecule has 0 radical (unpaired) electrons. The Morgan fingerprint density at radius 2 is 2.38 bits per heavy atom. The molecule has 2 rings (SSSR count). The minimum Gasteiger partial charge on any atom is -0.346 e. The van der Waals surface area contributed by atoms with Crippen LogP contribution in [-0.2, 0) is 16.0 Å². The first-order chi connectivity index (χ1) is 10.1. The molecule has 1 saturated heterocycles. The van der Waals surface area contributed by atoms with E-state index in [1.165, 1.54) is 0 Å². The molecule has 1 fully saturated rings. The van der Waals surface area contributed by atoms with Crippen LogP contribution in [0.25, 0.3) is 0 Å². The van der Waals surface area contributed by atoms with Crippen molar-refractivity contribution in [1.29, 1.82) is 0 Å². The van der Waals surface area contributed by atoms with Gasteiger partial charge in [-0.15, -0.1) is 11.3 Å². The van der Waals surface area contributed by atoms with Gasteiger partial charge >= 0.3 is 0 Å². The standard InChI is InChI=1S/C14H22N4O2S/c1-2-11-9-21-14(17-11)10-4-3-5-18(8-10)13(20)7-16-12(19)6-15/h9-10H,2-8,15H2,1H3,(H,16,19). The minimum atomic E-state index is -0.301. The number of piperidine rings is 1. The van der Waals surface area contributed by atoms with E-state index in [1.807, 2.05) is 4.90 Å². The number of carbonyl (C=O) groups excluding carboxylic acids is 2. The van der Waals surface area contributed by atoms with Crippen molar-refractivity contribution in [2.75, 3.05) is 26.2 Å². The number of hydrogen-bond donors (Lipinski definition) is 2. The maximum Gasteiger partial charge on any atom is 0.241 e. The van der Waals surface area contributed by atoms with Crippen molar-refractivity contribution in [2.24, 2.45) is 5.73 Å². The summed E-state index contributed by atoms with van der Waals surface area (Å²) in [4.78, 5) is 29.7. The number of aryl methyl sites for hydroxylation is 1. The van der Waals surface area contributed by atoms with Crippen LogP contribution < -0.4 is 11.1 Å². The van der Waals surface area contributed by atoms with Gasteiger partial charge < -0.3 is 16.0 Å². The van der Waals surface area contributed by atoms with Crippen molar-refractivity contribution in [1.82, 2.24) is 15.2 Å². The molecule has 1 aromatic rings. The maximum atomic E-state index is 12.1. The number of likely N-dealkylation sites (tertiary alicyclic amines) is 1. The Labute approximate surface area is 128 Å². The zero-order valence-corrected chi connectivity index (χ0v) is 13.1. The van der Waals surface area contributed by atoms with Gasteiger partial charge in [0.1, 0.15) is 0 Å². The van der Waals surface area contributed by atoms with Gasteiger partial charge in [-0.3, -0.25) is 9.59 Å². The fourth-order valence-corrected chi connectivity index (χ4v) is 3.47. The van der Waals surface area contributed by atoms with Gasteiger partial charge in [-0.2, -0.15) is 0 Å². The number of nitrogens with zero attached hydrogens (tertiary/aromatic N) is 2. The molecule has 7 heteroatoms. The van der Waals surface area contributed by atoms with Crippen LogP contribution in [0.2, 0.25) is 0 Å². The van der Waals surface area contributed by atoms with Crippen molar-refractivity contribution in [3.63, 3.8) is 0 Å². The lowest BCUT2D eigenvalue weighted by Crippen LogP contribution is -2.45. The summed E-state index contributed by atoms with van der Waals surface area (Å²) in [6.07, 6.45) is 2.98. The Morgan fingerprint density at radius 1 is 1.57 bits per heavy atom. The molecule has 21 heavy (non-hydrogen) atoms. The Balaban J connectivity index is 1.90. The van der Waals surface area contributed by atoms with E-state index in [1.54, 1.807) is 11.3 Å². The highest BCUT2D eigenvalue weighted by Crippen LogP contribution is 2.29. The van der Waals surface area contributed by atoms with Crippen LogP contribution in [0.15, 0.2) is 5.38 Å². The van der Waals surface area contributed by atoms with E-state index in [0.29, 0.717) is 12.5 Å². The molecule has 2 heterocycles. The Bertz CT molecular complexity index is 503. The third-order valence-electron chi connectivity index (χ3n) is 3.68. The summed E-state index contributed by atoms with van der Waals surface area (Å²) >= 11 is 1.68. The van der Waals surface area contributed by atoms with E-state index in [0.717, 1.165) is 36.5 Å². The quantitative estimate of drug-likeness (QED) is 0.828. The molecule has 3 N–H and O–H groups in total. The molecule has 1 aliphatic rings. The summed E-state index contributed by atoms with van der Waals surface area (Å²) < 4.78 is 0. The van der Waals surface area contributed by atoms with Gasteiger partial charge in [0, 0.05) is 24.4 Å². The van der Waals surface area contributed by atoms with Gasteiger partial charge in [0.05, 0.1) is 23.8 Å². The number of amides is 2. The number of thiazole rings is 1. The predicted octanol–water partition coefficient (Wildman–Crippen LogP) is 0.486. The second-order valence-electron chi connectivity index (χ2n) is 5.19. The monoisotopic (exact) mass is 310 g/mol. The van der Waals surface area contributed by atoms with Crippen LogP contribution >= 0.6 is 11.3 Å². The highest BCUT2D eigenvalue weighted by Gasteiger charge is 2.26. The molecule has 0 saturated carbocycles. The Hall–Kier alpha value is -1.47. The molecule has 1 aliphatic heterocycles. The van der Waals surface area contributed by atoms with Gasteiger partial charge in [-0.05, 0) is 19.3 Å². The van der Waals surface area contributed by atoms with E-state index in [-0.39, 0.29) is 24.9 Å². The Morgan fingerprint density at radius 3 is 3.05 bits per heavy atom. The average molecular weight is 310 g/mol. The fourth-order valence-electron chi connectivity index (χ4n) is 2.44. The van der Waals surface area contributed by atoms with E-state index >= 15 is 0 Å². The molecule has 0 aromatic carbocycles. The summed E-state index contributed by atoms with van der Waals surface area (Å²) in [5.74, 6) is -0.0311. The van der Waals surface area contributed by atoms with Crippen molar-refractivity contribution in [2.45, 2.75) is 32.1 Å². The molecular weight excluding hydrogens is 288 g/mol. The zero-order chi connectivity index (χ0) is 15.2. The maximum absolute atomic E-state index is 12.1. The molecule has 1 atom stereocenters. The van der Waals surface area contributed by atoms with Crippen molar-refractivity contribution in [3.8, 4) is 0 Å². The molecular formula is C14H22N4O2S. The zero-order valence-electron chi connectivity index (χ0n) is 12.3. The molecule has 0 spiro atoms. The lowest BCUT2D eigenvalue weighted by molar-refractivity contribution is -0.133. The summed E-state index contributed by atoms with van der Waals surface area (Å²) in [6.45, 7) is 3.47. The molecule has 6 nitrogen and oxygen atoms in total. The van der Waals surface area contributed by atoms with Crippen LogP contribution in [-0.4, -0.2) is 47.9 Å². The number of nitrogens with two attached hydrogens (primary N) is 1. The van der Waals surface area contributed by atoms with Crippen LogP contribution in [0.5, 0.6) is 0 Å². The number of nitrogens with one attached hydrogen (secondary N) is 1. The third-order valence-corrected chi connectivity index (χ3v) is 4.73. The van der Waals surface area contributed by atoms with Crippen LogP contribution in [0.3, 0.4) is 0 Å². The highest BCUT2D eigenvalue weighted by molar-refractivity contribution is 7.09. The number of carbonyl (C=O) groups is 2. The molecule has 1 aromatic heterocycles. The summed E-state index contributed by atoms with van der Waals surface area (Å²) in [5.41, 5.74) is 6.33. The summed E-state index contributed by atoms with van der Waals surface area (Å²) in [5, 5.41) is 5.74. The van der Waals surface area contributed by atoms with E-state index < -0.39 is 0 Å². The first-order valence-corrected chi connectivity index (χ1v) is 8.20. The van der Waals surface area contributed by atoms with Crippen molar-refractivity contribution in [3.05, 3.63) is 16.1 Å². The van der Waals surface area contributed by atoms with Gasteiger partial charge in [0.25, 0.3) is 0 Å². The molecule has 116 valence electrons. The fraction of sp³-hybridized carbons (Fsp3) is 0.643. The van der Waals surface area contributed by atoms with Gasteiger partial charge in [-0.25, -0.2) is 4.98 Å². The van der Waals surface area contributed by atoms with E-state index in [2.05, 4.69) is 22.6 Å². The lowest BCUT2D eigenvalue weighted by Gasteiger charge is -2.32. The second-order valence-corrected chi connectivity index (χ2v) is 6.08. The number of aromatic nitrogens is 1. The third kappa shape index (κ3) is 4.25. The van der Waals surface area contributed by atoms with Crippen LogP contribution in [0.1, 0.15) is 36.4 Å². The second kappa shape index (κ2) is 7.51. The topological polar surface area (TPSA) is 88.3 Å². The first kappa shape index (κ1) is 15.9. The van der Waals surface area contributed by atoms with Crippen molar-refractivity contribution < 1.29 is 9.59 Å². The number of hydrogen-bond acceptors (Lipinski definition) is 5. The summed E-state index contributed by atoms with van der Waals surface area (Å²) in [6, 6.07) is 0. The molecule has 1 unspecified atom stereocenters. The highest BCUT2D eigenvalue weighted by atomic mass is 32.1. The van der Waals surface area contributed by atoms with Gasteiger partial charge in [0.15, 0.2) is 0 Å². The molecule has 0 bridgehead atoms. The van der Waals surface area contributed by atoms with Crippen LogP contribution in [0, 0.1) is 0 Å². The van der Waals surface area contributed by atoms with E-state index in [9.17, 15) is 9.59 Å². The number of rotatable bonds is 5. The molecule has 0 aliphatic carbocycles. The largest absolute Gasteiger partial charge is 0.346 e. The normalized spacial score (nSPS) is 18.6. The van der Waals surface area contributed by atoms with Crippen molar-refractivity contribution >= 4 is 23.2 Å². The first-order valence-electron chi connectivity index (χ1n) is 7.32. The smallest absolute Gasteiger partial charge is 0.241 e. The predicted molar refractivity (Wildman–Crippen MR) is 82.1 cm³/mol. The summed E-state index contributed by atoms with van der Waals surface area (Å²) in [7, 11) is 0. The SMILES string of the molecule is CCc1csc(C2CCCN(C(=O)CNC(=O)CN)C2)n1. The van der Waals surface area contributed by atoms with Crippen LogP contribution in [0.4, 0.5) is 0 Å². The van der Waals surface area contributed by atoms with E-state index in [4.69, 9.17) is 5.73 Å². The average Bonchev–Trinajstić information content (AvgIpc) is 3.01. The minimum absolute atomic E-state index is 0.0286. The lowest BCUT2D eigenvalue weighted by atomic mass is 9.98. The molecule has 2 amide bonds. The van der Waals surface area contributed by atoms with Gasteiger partial charge in [0.2, 0.25) is 11.8 Å². The Kier molecular flexibility index (Phi) is 5.69. The van der Waals surface area contributed by atoms with Gasteiger partial charge in [-0.1, -0.05) is 6.92 Å².